The van der Waals surface area contributed by atoms with Gasteiger partial charge in [-0.05, 0) is 28.5 Å². The molecule has 0 aliphatic heterocycles. The Morgan fingerprint density at radius 3 is 2.33 bits per heavy atom. The number of amides is 2. The third-order valence-corrected chi connectivity index (χ3v) is 7.33. The average Bonchev–Trinajstić information content (AvgIpc) is 3.49. The van der Waals surface area contributed by atoms with Gasteiger partial charge in [0.1, 0.15) is 22.0 Å². The van der Waals surface area contributed by atoms with Crippen molar-refractivity contribution in [1.29, 1.82) is 0 Å². The van der Waals surface area contributed by atoms with Crippen LogP contribution in [0.2, 0.25) is 0 Å². The molecule has 4 rings (SSSR count). The number of carbonyl (C=O) groups excluding carboxylic acids is 3. The van der Waals surface area contributed by atoms with Crippen molar-refractivity contribution in [3.8, 4) is 5.75 Å². The van der Waals surface area contributed by atoms with Crippen LogP contribution in [0.3, 0.4) is 0 Å². The van der Waals surface area contributed by atoms with Crippen LogP contribution >= 0.6 is 22.7 Å². The van der Waals surface area contributed by atoms with E-state index < -0.39 is 23.8 Å². The number of urea groups is 1. The van der Waals surface area contributed by atoms with E-state index in [4.69, 9.17) is 9.47 Å². The highest BCUT2D eigenvalue weighted by Crippen LogP contribution is 2.33. The second-order valence-electron chi connectivity index (χ2n) is 7.49. The number of methoxy groups -OCH3 is 3. The Balaban J connectivity index is 1.59. The molecule has 36 heavy (non-hydrogen) atoms. The van der Waals surface area contributed by atoms with Crippen LogP contribution in [0.5, 0.6) is 5.75 Å². The molecule has 0 atom stereocenters. The first-order chi connectivity index (χ1) is 17.4. The van der Waals surface area contributed by atoms with E-state index in [9.17, 15) is 18.8 Å². The summed E-state index contributed by atoms with van der Waals surface area (Å²) in [5, 5.41) is 9.47. The number of rotatable bonds is 7. The number of esters is 2. The summed E-state index contributed by atoms with van der Waals surface area (Å²) >= 11 is 2.52. The fraction of sp³-hybridized carbons (Fsp3) is 0.160. The van der Waals surface area contributed by atoms with Gasteiger partial charge in [-0.15, -0.1) is 22.7 Å². The fourth-order valence-corrected chi connectivity index (χ4v) is 5.54. The van der Waals surface area contributed by atoms with E-state index in [0.29, 0.717) is 17.7 Å². The number of hydrogen-bond donors (Lipinski definition) is 2. The topological polar surface area (TPSA) is 103 Å². The van der Waals surface area contributed by atoms with Gasteiger partial charge in [0.25, 0.3) is 0 Å². The lowest BCUT2D eigenvalue weighted by atomic mass is 10.0. The second-order valence-corrected chi connectivity index (χ2v) is 9.28. The van der Waals surface area contributed by atoms with Crippen LogP contribution in [0.25, 0.3) is 10.1 Å². The Morgan fingerprint density at radius 2 is 1.61 bits per heavy atom. The van der Waals surface area contributed by atoms with Crippen LogP contribution in [0.15, 0.2) is 47.2 Å². The van der Waals surface area contributed by atoms with Gasteiger partial charge in [-0.2, -0.15) is 0 Å². The van der Waals surface area contributed by atoms with E-state index in [0.717, 1.165) is 34.1 Å². The molecule has 8 nitrogen and oxygen atoms in total. The van der Waals surface area contributed by atoms with Gasteiger partial charge in [0.15, 0.2) is 0 Å². The van der Waals surface area contributed by atoms with Crippen molar-refractivity contribution in [2.45, 2.75) is 6.42 Å². The molecule has 2 heterocycles. The maximum Gasteiger partial charge on any atom is 0.349 e. The van der Waals surface area contributed by atoms with Gasteiger partial charge < -0.3 is 24.8 Å². The van der Waals surface area contributed by atoms with Crippen LogP contribution in [0.4, 0.5) is 20.6 Å². The predicted octanol–water partition coefficient (Wildman–Crippen LogP) is 5.92. The molecular formula is C25H21FN2O6S2. The van der Waals surface area contributed by atoms with Gasteiger partial charge in [0, 0.05) is 28.1 Å². The van der Waals surface area contributed by atoms with Crippen molar-refractivity contribution in [2.75, 3.05) is 32.0 Å². The first-order valence-electron chi connectivity index (χ1n) is 10.5. The van der Waals surface area contributed by atoms with Crippen molar-refractivity contribution in [1.82, 2.24) is 0 Å². The van der Waals surface area contributed by atoms with Crippen LogP contribution in [-0.4, -0.2) is 39.3 Å². The van der Waals surface area contributed by atoms with E-state index in [1.54, 1.807) is 11.3 Å². The molecule has 186 valence electrons. The molecule has 11 heteroatoms. The summed E-state index contributed by atoms with van der Waals surface area (Å²) in [5.74, 6) is -1.93. The van der Waals surface area contributed by atoms with Crippen molar-refractivity contribution in [2.24, 2.45) is 0 Å². The highest BCUT2D eigenvalue weighted by molar-refractivity contribution is 7.17. The molecule has 0 aliphatic rings. The van der Waals surface area contributed by atoms with Gasteiger partial charge >= 0.3 is 18.0 Å². The molecule has 2 aromatic heterocycles. The first kappa shape index (κ1) is 25.1. The van der Waals surface area contributed by atoms with Crippen LogP contribution in [0.1, 0.15) is 31.2 Å². The van der Waals surface area contributed by atoms with Gasteiger partial charge in [-0.1, -0.05) is 18.2 Å². The summed E-state index contributed by atoms with van der Waals surface area (Å²) in [5.41, 5.74) is 1.53. The number of benzene rings is 2. The summed E-state index contributed by atoms with van der Waals surface area (Å²) in [4.78, 5) is 36.9. The maximum absolute atomic E-state index is 14.8. The summed E-state index contributed by atoms with van der Waals surface area (Å²) in [6.07, 6.45) is 0.462. The van der Waals surface area contributed by atoms with Gasteiger partial charge in [0.2, 0.25) is 0 Å². The highest BCUT2D eigenvalue weighted by atomic mass is 32.1. The summed E-state index contributed by atoms with van der Waals surface area (Å²) in [6.45, 7) is 0. The Morgan fingerprint density at radius 1 is 0.889 bits per heavy atom. The van der Waals surface area contributed by atoms with Crippen LogP contribution in [0, 0.1) is 5.82 Å². The lowest BCUT2D eigenvalue weighted by Crippen LogP contribution is -2.22. The standard InChI is InChI=1S/C25H21FN2O6S2/c1-32-19-10-16(26)17(9-13(19)8-14-11-35-20-7-5-4-6-15(14)20)27-25(31)28-18-12-36-22(24(30)34-3)21(18)23(29)33-2/h4-7,9-12H,8H2,1-3H3,(H2,27,28,31). The normalized spacial score (nSPS) is 10.7. The number of halogens is 1. The van der Waals surface area contributed by atoms with Crippen LogP contribution < -0.4 is 15.4 Å². The molecular weight excluding hydrogens is 507 g/mol. The van der Waals surface area contributed by atoms with E-state index >= 15 is 0 Å². The highest BCUT2D eigenvalue weighted by Gasteiger charge is 2.26. The van der Waals surface area contributed by atoms with Crippen molar-refractivity contribution in [3.63, 3.8) is 0 Å². The number of thiophene rings is 2. The van der Waals surface area contributed by atoms with E-state index in [2.05, 4.69) is 15.4 Å². The number of nitrogens with one attached hydrogen (secondary N) is 2. The van der Waals surface area contributed by atoms with E-state index in [1.165, 1.54) is 31.7 Å². The smallest absolute Gasteiger partial charge is 0.349 e. The molecule has 2 N–H and O–H groups in total. The number of hydrogen-bond acceptors (Lipinski definition) is 8. The maximum atomic E-state index is 14.8. The van der Waals surface area contributed by atoms with E-state index in [1.807, 2.05) is 29.6 Å². The predicted molar refractivity (Wildman–Crippen MR) is 137 cm³/mol. The van der Waals surface area contributed by atoms with E-state index in [-0.39, 0.29) is 21.8 Å². The average molecular weight is 529 g/mol. The molecule has 0 unspecified atom stereocenters. The van der Waals surface area contributed by atoms with Crippen molar-refractivity contribution >= 4 is 62.1 Å². The SMILES string of the molecule is COC(=O)c1scc(NC(=O)Nc2cc(Cc3csc4ccccc34)c(OC)cc2F)c1C(=O)OC. The first-order valence-corrected chi connectivity index (χ1v) is 12.3. The summed E-state index contributed by atoms with van der Waals surface area (Å²) in [7, 11) is 3.77. The number of carbonyl (C=O) groups is 3. The minimum Gasteiger partial charge on any atom is -0.496 e. The number of ether oxygens (including phenoxy) is 3. The van der Waals surface area contributed by atoms with Gasteiger partial charge in [-0.3, -0.25) is 0 Å². The number of anilines is 2. The molecule has 0 spiro atoms. The molecule has 0 saturated carbocycles. The monoisotopic (exact) mass is 528 g/mol. The minimum atomic E-state index is -0.826. The van der Waals surface area contributed by atoms with Crippen molar-refractivity contribution < 1.29 is 33.0 Å². The zero-order valence-corrected chi connectivity index (χ0v) is 21.1. The quantitative estimate of drug-likeness (QED) is 0.289. The third-order valence-electron chi connectivity index (χ3n) is 5.36. The summed E-state index contributed by atoms with van der Waals surface area (Å²) in [6, 6.07) is 9.87. The molecule has 2 amide bonds. The largest absolute Gasteiger partial charge is 0.496 e. The van der Waals surface area contributed by atoms with Gasteiger partial charge in [-0.25, -0.2) is 18.8 Å². The third kappa shape index (κ3) is 5.02. The second kappa shape index (κ2) is 10.8. The molecule has 0 radical (unpaired) electrons. The zero-order valence-electron chi connectivity index (χ0n) is 19.5. The van der Waals surface area contributed by atoms with Crippen molar-refractivity contribution in [3.05, 3.63) is 74.5 Å². The fourth-order valence-electron chi connectivity index (χ4n) is 3.67. The molecule has 0 fully saturated rings. The number of fused-ring (bicyclic) bond motifs is 1. The Hall–Kier alpha value is -3.96. The molecule has 2 aromatic carbocycles. The Bertz CT molecular complexity index is 1460. The molecule has 0 bridgehead atoms. The Kier molecular flexibility index (Phi) is 7.51. The van der Waals surface area contributed by atoms with Crippen LogP contribution in [-0.2, 0) is 15.9 Å². The molecule has 4 aromatic rings. The molecule has 0 aliphatic carbocycles. The summed E-state index contributed by atoms with van der Waals surface area (Å²) < 4.78 is 30.7. The lowest BCUT2D eigenvalue weighted by molar-refractivity contribution is 0.0561. The van der Waals surface area contributed by atoms with Gasteiger partial charge in [0.05, 0.1) is 32.7 Å². The zero-order chi connectivity index (χ0) is 25.8. The lowest BCUT2D eigenvalue weighted by Gasteiger charge is -2.14. The minimum absolute atomic E-state index is 0.0273. The molecule has 0 saturated heterocycles. The Labute approximate surface area is 213 Å².